The molecule has 1 atom stereocenters. The van der Waals surface area contributed by atoms with Gasteiger partial charge in [0, 0.05) is 19.8 Å². The Bertz CT molecular complexity index is 1060. The maximum Gasteiger partial charge on any atom is 0.337 e. The van der Waals surface area contributed by atoms with Gasteiger partial charge in [-0.2, -0.15) is 0 Å². The molecule has 1 aromatic heterocycles. The van der Waals surface area contributed by atoms with Crippen molar-refractivity contribution in [3.05, 3.63) is 86.2 Å². The van der Waals surface area contributed by atoms with Gasteiger partial charge in [0.1, 0.15) is 12.4 Å². The van der Waals surface area contributed by atoms with Crippen LogP contribution in [0.25, 0.3) is 0 Å². The standard InChI is InChI=1S/C20H21N3O4/c1-5-11-27-19(25)14-12(2)21-17-16(15(14)13-9-7-6-8-10-13)18(24)23(4)20(26)22(17)3/h5-10,15,21H,1,11H2,2-4H3/t15-/m0/s1. The molecular weight excluding hydrogens is 346 g/mol. The molecule has 27 heavy (non-hydrogen) atoms. The summed E-state index contributed by atoms with van der Waals surface area (Å²) in [5, 5.41) is 3.05. The Kier molecular flexibility index (Phi) is 4.85. The van der Waals surface area contributed by atoms with Gasteiger partial charge in [-0.1, -0.05) is 43.0 Å². The van der Waals surface area contributed by atoms with Crippen LogP contribution in [0.5, 0.6) is 0 Å². The molecule has 1 aliphatic heterocycles. The molecule has 1 aliphatic rings. The van der Waals surface area contributed by atoms with Crippen molar-refractivity contribution in [3.63, 3.8) is 0 Å². The van der Waals surface area contributed by atoms with Crippen molar-refractivity contribution >= 4 is 11.8 Å². The van der Waals surface area contributed by atoms with Crippen LogP contribution in [0.2, 0.25) is 0 Å². The maximum absolute atomic E-state index is 13.0. The first-order valence-corrected chi connectivity index (χ1v) is 8.49. The Morgan fingerprint density at radius 1 is 1.22 bits per heavy atom. The minimum atomic E-state index is -0.648. The molecule has 140 valence electrons. The van der Waals surface area contributed by atoms with Gasteiger partial charge < -0.3 is 10.1 Å². The monoisotopic (exact) mass is 367 g/mol. The second kappa shape index (κ2) is 7.11. The van der Waals surface area contributed by atoms with E-state index in [1.807, 2.05) is 30.3 Å². The Morgan fingerprint density at radius 3 is 2.52 bits per heavy atom. The van der Waals surface area contributed by atoms with E-state index in [0.29, 0.717) is 22.7 Å². The number of ether oxygens (including phenoxy) is 1. The quantitative estimate of drug-likeness (QED) is 0.656. The highest BCUT2D eigenvalue weighted by Crippen LogP contribution is 2.39. The van der Waals surface area contributed by atoms with Gasteiger partial charge in [0.25, 0.3) is 5.56 Å². The fourth-order valence-corrected chi connectivity index (χ4v) is 3.35. The topological polar surface area (TPSA) is 82.3 Å². The highest BCUT2D eigenvalue weighted by Gasteiger charge is 2.37. The minimum Gasteiger partial charge on any atom is -0.458 e. The fraction of sp³-hybridized carbons (Fsp3) is 0.250. The third-order valence-electron chi connectivity index (χ3n) is 4.67. The third kappa shape index (κ3) is 3.01. The predicted octanol–water partition coefficient (Wildman–Crippen LogP) is 1.64. The summed E-state index contributed by atoms with van der Waals surface area (Å²) in [5.41, 5.74) is 1.09. The van der Waals surface area contributed by atoms with Crippen LogP contribution >= 0.6 is 0 Å². The molecule has 0 bridgehead atoms. The zero-order chi connectivity index (χ0) is 19.7. The Hall–Kier alpha value is -3.35. The lowest BCUT2D eigenvalue weighted by Gasteiger charge is -2.30. The first-order valence-electron chi connectivity index (χ1n) is 8.49. The number of benzene rings is 1. The lowest BCUT2D eigenvalue weighted by atomic mass is 9.82. The molecular formula is C20H21N3O4. The van der Waals surface area contributed by atoms with E-state index < -0.39 is 23.1 Å². The third-order valence-corrected chi connectivity index (χ3v) is 4.67. The van der Waals surface area contributed by atoms with Crippen LogP contribution < -0.4 is 16.6 Å². The summed E-state index contributed by atoms with van der Waals surface area (Å²) in [6.07, 6.45) is 1.48. The zero-order valence-electron chi connectivity index (χ0n) is 15.5. The molecule has 7 heteroatoms. The molecule has 0 radical (unpaired) electrons. The SMILES string of the molecule is C=CCOC(=O)C1=C(C)Nc2c(c(=O)n(C)c(=O)n2C)[C@H]1c1ccccc1. The number of hydrogen-bond donors (Lipinski definition) is 1. The molecule has 0 saturated carbocycles. The van der Waals surface area contributed by atoms with Crippen LogP contribution in [0.15, 0.2) is 63.8 Å². The maximum atomic E-state index is 13.0. The van der Waals surface area contributed by atoms with Gasteiger partial charge >= 0.3 is 11.7 Å². The van der Waals surface area contributed by atoms with Crippen LogP contribution in [0.4, 0.5) is 5.82 Å². The van der Waals surface area contributed by atoms with Crippen LogP contribution in [-0.2, 0) is 23.6 Å². The minimum absolute atomic E-state index is 0.0647. The Labute approximate surface area is 156 Å². The average molecular weight is 367 g/mol. The van der Waals surface area contributed by atoms with Crippen molar-refractivity contribution in [1.29, 1.82) is 0 Å². The number of carbonyl (C=O) groups is 1. The highest BCUT2D eigenvalue weighted by atomic mass is 16.5. The average Bonchev–Trinajstić information content (AvgIpc) is 2.68. The molecule has 2 heterocycles. The first-order chi connectivity index (χ1) is 12.9. The number of nitrogens with zero attached hydrogens (tertiary/aromatic N) is 2. The summed E-state index contributed by atoms with van der Waals surface area (Å²) >= 11 is 0. The molecule has 0 fully saturated rings. The van der Waals surface area contributed by atoms with E-state index in [0.717, 1.165) is 10.1 Å². The number of hydrogen-bond acceptors (Lipinski definition) is 5. The predicted molar refractivity (Wildman–Crippen MR) is 103 cm³/mol. The fourth-order valence-electron chi connectivity index (χ4n) is 3.35. The largest absolute Gasteiger partial charge is 0.458 e. The molecule has 1 N–H and O–H groups in total. The van der Waals surface area contributed by atoms with E-state index in [1.54, 1.807) is 14.0 Å². The molecule has 7 nitrogen and oxygen atoms in total. The second-order valence-corrected chi connectivity index (χ2v) is 6.36. The van der Waals surface area contributed by atoms with Gasteiger partial charge in [0.2, 0.25) is 0 Å². The molecule has 0 unspecified atom stereocenters. The summed E-state index contributed by atoms with van der Waals surface area (Å²) in [4.78, 5) is 38.1. The molecule has 0 saturated heterocycles. The van der Waals surface area contributed by atoms with Crippen LogP contribution in [0.1, 0.15) is 24.0 Å². The number of esters is 1. The number of aromatic nitrogens is 2. The lowest BCUT2D eigenvalue weighted by molar-refractivity contribution is -0.138. The smallest absolute Gasteiger partial charge is 0.337 e. The zero-order valence-corrected chi connectivity index (χ0v) is 15.5. The van der Waals surface area contributed by atoms with E-state index >= 15 is 0 Å². The summed E-state index contributed by atoms with van der Waals surface area (Å²) in [6.45, 7) is 5.35. The van der Waals surface area contributed by atoms with E-state index in [-0.39, 0.29) is 6.61 Å². The summed E-state index contributed by atoms with van der Waals surface area (Å²) in [7, 11) is 3.01. The second-order valence-electron chi connectivity index (χ2n) is 6.36. The summed E-state index contributed by atoms with van der Waals surface area (Å²) < 4.78 is 7.68. The van der Waals surface area contributed by atoms with Crippen molar-refractivity contribution in [2.75, 3.05) is 11.9 Å². The summed E-state index contributed by atoms with van der Waals surface area (Å²) in [5.74, 6) is -0.796. The normalized spacial score (nSPS) is 15.7. The Morgan fingerprint density at radius 2 is 1.89 bits per heavy atom. The van der Waals surface area contributed by atoms with Gasteiger partial charge in [-0.15, -0.1) is 0 Å². The number of rotatable bonds is 4. The van der Waals surface area contributed by atoms with Gasteiger partial charge in [-0.05, 0) is 12.5 Å². The Balaban J connectivity index is 2.33. The van der Waals surface area contributed by atoms with E-state index in [1.165, 1.54) is 17.7 Å². The van der Waals surface area contributed by atoms with Crippen molar-refractivity contribution in [2.45, 2.75) is 12.8 Å². The molecule has 0 spiro atoms. The van der Waals surface area contributed by atoms with E-state index in [4.69, 9.17) is 4.74 Å². The highest BCUT2D eigenvalue weighted by molar-refractivity contribution is 5.94. The van der Waals surface area contributed by atoms with Crippen molar-refractivity contribution in [3.8, 4) is 0 Å². The molecule has 0 aliphatic carbocycles. The van der Waals surface area contributed by atoms with Crippen LogP contribution in [-0.4, -0.2) is 21.7 Å². The van der Waals surface area contributed by atoms with E-state index in [2.05, 4.69) is 11.9 Å². The van der Waals surface area contributed by atoms with Gasteiger partial charge in [0.05, 0.1) is 17.1 Å². The molecule has 3 rings (SSSR count). The van der Waals surface area contributed by atoms with Crippen molar-refractivity contribution in [1.82, 2.24) is 9.13 Å². The molecule has 2 aromatic rings. The van der Waals surface area contributed by atoms with E-state index in [9.17, 15) is 14.4 Å². The molecule has 1 aromatic carbocycles. The molecule has 0 amide bonds. The van der Waals surface area contributed by atoms with Gasteiger partial charge in [-0.3, -0.25) is 13.9 Å². The lowest BCUT2D eigenvalue weighted by Crippen LogP contribution is -2.43. The van der Waals surface area contributed by atoms with Crippen LogP contribution in [0, 0.1) is 0 Å². The van der Waals surface area contributed by atoms with Gasteiger partial charge in [0.15, 0.2) is 0 Å². The van der Waals surface area contributed by atoms with Gasteiger partial charge in [-0.25, -0.2) is 9.59 Å². The number of anilines is 1. The van der Waals surface area contributed by atoms with Crippen molar-refractivity contribution < 1.29 is 9.53 Å². The number of allylic oxidation sites excluding steroid dienone is 1. The first kappa shape index (κ1) is 18.4. The number of fused-ring (bicyclic) bond motifs is 1. The van der Waals surface area contributed by atoms with Crippen LogP contribution in [0.3, 0.4) is 0 Å². The summed E-state index contributed by atoms with van der Waals surface area (Å²) in [6, 6.07) is 9.23. The van der Waals surface area contributed by atoms with Crippen molar-refractivity contribution in [2.24, 2.45) is 14.1 Å². The number of carbonyl (C=O) groups excluding carboxylic acids is 1. The number of nitrogens with one attached hydrogen (secondary N) is 1.